The molecule has 86 valence electrons. The lowest BCUT2D eigenvalue weighted by Gasteiger charge is -2.12. The fourth-order valence-electron chi connectivity index (χ4n) is 1.86. The molecule has 1 aliphatic rings. The van der Waals surface area contributed by atoms with Gasteiger partial charge < -0.3 is 10.6 Å². The Labute approximate surface area is 89.9 Å². The van der Waals surface area contributed by atoms with Gasteiger partial charge in [-0.1, -0.05) is 20.8 Å². The highest BCUT2D eigenvalue weighted by Crippen LogP contribution is 2.16. The van der Waals surface area contributed by atoms with Gasteiger partial charge in [-0.15, -0.1) is 0 Å². The van der Waals surface area contributed by atoms with Gasteiger partial charge >= 0.3 is 0 Å². The third-order valence-corrected chi connectivity index (χ3v) is 2.67. The molecule has 1 saturated heterocycles. The molecule has 2 N–H and O–H groups in total. The predicted molar refractivity (Wildman–Crippen MR) is 64.7 cm³/mol. The van der Waals surface area contributed by atoms with E-state index in [4.69, 9.17) is 0 Å². The van der Waals surface area contributed by atoms with Gasteiger partial charge in [0, 0.05) is 0 Å². The van der Waals surface area contributed by atoms with Crippen molar-refractivity contribution in [3.63, 3.8) is 0 Å². The third kappa shape index (κ3) is 7.34. The summed E-state index contributed by atoms with van der Waals surface area (Å²) < 4.78 is 0. The maximum Gasteiger partial charge on any atom is -0.00463 e. The van der Waals surface area contributed by atoms with E-state index in [0.29, 0.717) is 0 Å². The fraction of sp³-hybridized carbons (Fsp3) is 1.00. The Bertz CT molecular complexity index is 96.5. The van der Waals surface area contributed by atoms with Crippen LogP contribution in [0.25, 0.3) is 0 Å². The quantitative estimate of drug-likeness (QED) is 0.681. The highest BCUT2D eigenvalue weighted by Gasteiger charge is 2.10. The molecule has 0 aromatic carbocycles. The van der Waals surface area contributed by atoms with Crippen molar-refractivity contribution >= 4 is 0 Å². The molecule has 0 aromatic heterocycles. The van der Waals surface area contributed by atoms with Gasteiger partial charge in [-0.05, 0) is 57.8 Å². The van der Waals surface area contributed by atoms with Crippen LogP contribution in [0.2, 0.25) is 0 Å². The molecule has 0 amide bonds. The van der Waals surface area contributed by atoms with Crippen LogP contribution in [0.5, 0.6) is 0 Å². The van der Waals surface area contributed by atoms with Crippen LogP contribution in [0, 0.1) is 5.92 Å². The van der Waals surface area contributed by atoms with Gasteiger partial charge in [-0.25, -0.2) is 0 Å². The first-order valence-corrected chi connectivity index (χ1v) is 6.35. The summed E-state index contributed by atoms with van der Waals surface area (Å²) in [6, 6.07) is 0. The maximum absolute atomic E-state index is 3.45. The van der Waals surface area contributed by atoms with Crippen LogP contribution in [0.1, 0.15) is 46.5 Å². The monoisotopic (exact) mass is 200 g/mol. The van der Waals surface area contributed by atoms with Crippen molar-refractivity contribution in [3.05, 3.63) is 0 Å². The number of rotatable bonds is 4. The highest BCUT2D eigenvalue weighted by molar-refractivity contribution is 4.67. The molecular weight excluding hydrogens is 172 g/mol. The molecule has 1 atom stereocenters. The van der Waals surface area contributed by atoms with E-state index in [1.54, 1.807) is 0 Å². The molecule has 0 spiro atoms. The zero-order chi connectivity index (χ0) is 10.6. The average Bonchev–Trinajstić information content (AvgIpc) is 2.50. The molecule has 1 unspecified atom stereocenters. The molecular formula is C12H28N2. The summed E-state index contributed by atoms with van der Waals surface area (Å²) in [7, 11) is 0. The van der Waals surface area contributed by atoms with Crippen LogP contribution in [0.4, 0.5) is 0 Å². The van der Waals surface area contributed by atoms with Gasteiger partial charge in [-0.3, -0.25) is 0 Å². The summed E-state index contributed by atoms with van der Waals surface area (Å²) in [5.41, 5.74) is 0. The van der Waals surface area contributed by atoms with Crippen molar-refractivity contribution in [1.29, 1.82) is 0 Å². The molecule has 0 aromatic rings. The Morgan fingerprint density at radius 2 is 2.00 bits per heavy atom. The standard InChI is InChI=1S/C10H22N2.C2H6/c1-2-11-8-5-10-4-3-7-12-9-6-10;1-2/h10-12H,2-9H2,1H3;1-2H3. The van der Waals surface area contributed by atoms with Crippen molar-refractivity contribution in [1.82, 2.24) is 10.6 Å². The van der Waals surface area contributed by atoms with Crippen LogP contribution >= 0.6 is 0 Å². The summed E-state index contributed by atoms with van der Waals surface area (Å²) in [6.45, 7) is 11.0. The van der Waals surface area contributed by atoms with E-state index in [9.17, 15) is 0 Å². The number of hydrogen-bond acceptors (Lipinski definition) is 2. The average molecular weight is 200 g/mol. The summed E-state index contributed by atoms with van der Waals surface area (Å²) in [5, 5.41) is 6.84. The Hall–Kier alpha value is -0.0800. The second-order valence-electron chi connectivity index (χ2n) is 3.69. The zero-order valence-electron chi connectivity index (χ0n) is 10.2. The minimum absolute atomic E-state index is 0.971. The summed E-state index contributed by atoms with van der Waals surface area (Å²) in [6.07, 6.45) is 5.55. The molecule has 0 radical (unpaired) electrons. The van der Waals surface area contributed by atoms with Crippen molar-refractivity contribution in [2.75, 3.05) is 26.2 Å². The van der Waals surface area contributed by atoms with E-state index in [-0.39, 0.29) is 0 Å². The van der Waals surface area contributed by atoms with Crippen LogP contribution in [0.3, 0.4) is 0 Å². The number of hydrogen-bond donors (Lipinski definition) is 2. The molecule has 2 heteroatoms. The molecule has 1 heterocycles. The molecule has 0 bridgehead atoms. The van der Waals surface area contributed by atoms with E-state index in [1.165, 1.54) is 45.3 Å². The van der Waals surface area contributed by atoms with Crippen LogP contribution in [-0.4, -0.2) is 26.2 Å². The fourth-order valence-corrected chi connectivity index (χ4v) is 1.86. The Balaban J connectivity index is 0.000000791. The van der Waals surface area contributed by atoms with Crippen LogP contribution in [-0.2, 0) is 0 Å². The lowest BCUT2D eigenvalue weighted by molar-refractivity contribution is 0.427. The molecule has 0 saturated carbocycles. The predicted octanol–water partition coefficient (Wildman–Crippen LogP) is 2.40. The zero-order valence-corrected chi connectivity index (χ0v) is 10.2. The highest BCUT2D eigenvalue weighted by atomic mass is 14.9. The molecule has 2 nitrogen and oxygen atoms in total. The van der Waals surface area contributed by atoms with Gasteiger partial charge in [0.1, 0.15) is 0 Å². The van der Waals surface area contributed by atoms with Crippen LogP contribution in [0.15, 0.2) is 0 Å². The van der Waals surface area contributed by atoms with Crippen molar-refractivity contribution in [3.8, 4) is 0 Å². The second-order valence-corrected chi connectivity index (χ2v) is 3.69. The minimum atomic E-state index is 0.971. The van der Waals surface area contributed by atoms with Crippen molar-refractivity contribution < 1.29 is 0 Å². The lowest BCUT2D eigenvalue weighted by Crippen LogP contribution is -2.18. The van der Waals surface area contributed by atoms with Crippen molar-refractivity contribution in [2.45, 2.75) is 46.5 Å². The first-order valence-electron chi connectivity index (χ1n) is 6.35. The second kappa shape index (κ2) is 11.0. The Morgan fingerprint density at radius 3 is 2.71 bits per heavy atom. The SMILES string of the molecule is CC.CCNCCC1CCCNCC1. The van der Waals surface area contributed by atoms with E-state index in [1.807, 2.05) is 13.8 Å². The first-order chi connectivity index (χ1) is 6.93. The normalized spacial score (nSPS) is 22.1. The smallest absolute Gasteiger partial charge is 0.00463 e. The van der Waals surface area contributed by atoms with E-state index >= 15 is 0 Å². The maximum atomic E-state index is 3.45. The molecule has 1 rings (SSSR count). The van der Waals surface area contributed by atoms with Gasteiger partial charge in [0.15, 0.2) is 0 Å². The minimum Gasteiger partial charge on any atom is -0.317 e. The van der Waals surface area contributed by atoms with Crippen molar-refractivity contribution in [2.24, 2.45) is 5.92 Å². The Morgan fingerprint density at radius 1 is 1.21 bits per heavy atom. The van der Waals surface area contributed by atoms with E-state index < -0.39 is 0 Å². The van der Waals surface area contributed by atoms with Gasteiger partial charge in [0.25, 0.3) is 0 Å². The van der Waals surface area contributed by atoms with Gasteiger partial charge in [0.05, 0.1) is 0 Å². The lowest BCUT2D eigenvalue weighted by atomic mass is 9.97. The van der Waals surface area contributed by atoms with E-state index in [2.05, 4.69) is 17.6 Å². The molecule has 1 fully saturated rings. The third-order valence-electron chi connectivity index (χ3n) is 2.67. The summed E-state index contributed by atoms with van der Waals surface area (Å²) >= 11 is 0. The molecule has 1 aliphatic heterocycles. The first kappa shape index (κ1) is 13.9. The molecule has 0 aliphatic carbocycles. The number of nitrogens with one attached hydrogen (secondary N) is 2. The molecule has 14 heavy (non-hydrogen) atoms. The largest absolute Gasteiger partial charge is 0.317 e. The van der Waals surface area contributed by atoms with E-state index in [0.717, 1.165) is 12.5 Å². The Kier molecular flexibility index (Phi) is 10.9. The topological polar surface area (TPSA) is 24.1 Å². The van der Waals surface area contributed by atoms with Gasteiger partial charge in [0.2, 0.25) is 0 Å². The summed E-state index contributed by atoms with van der Waals surface area (Å²) in [4.78, 5) is 0. The van der Waals surface area contributed by atoms with Gasteiger partial charge in [-0.2, -0.15) is 0 Å². The van der Waals surface area contributed by atoms with Crippen LogP contribution < -0.4 is 10.6 Å². The summed E-state index contributed by atoms with van der Waals surface area (Å²) in [5.74, 6) is 0.971.